The maximum Gasteiger partial charge on any atom is 0.229 e. The van der Waals surface area contributed by atoms with Crippen LogP contribution in [0.5, 0.6) is 11.5 Å². The highest BCUT2D eigenvalue weighted by molar-refractivity contribution is 5.71. The van der Waals surface area contributed by atoms with Gasteiger partial charge in [0.25, 0.3) is 0 Å². The van der Waals surface area contributed by atoms with Crippen molar-refractivity contribution in [3.8, 4) is 11.5 Å². The second kappa shape index (κ2) is 9.40. The minimum Gasteiger partial charge on any atom is -0.495 e. The molecule has 1 saturated heterocycles. The quantitative estimate of drug-likeness (QED) is 0.494. The van der Waals surface area contributed by atoms with E-state index < -0.39 is 0 Å². The fourth-order valence-electron chi connectivity index (χ4n) is 3.37. The second-order valence-electron chi connectivity index (χ2n) is 6.96. The molecule has 9 nitrogen and oxygen atoms in total. The van der Waals surface area contributed by atoms with Gasteiger partial charge in [0.1, 0.15) is 17.3 Å². The van der Waals surface area contributed by atoms with Gasteiger partial charge in [0.05, 0.1) is 38.8 Å². The summed E-state index contributed by atoms with van der Waals surface area (Å²) in [6, 6.07) is 13.2. The number of ether oxygens (including phenoxy) is 3. The minimum absolute atomic E-state index is 0.415. The van der Waals surface area contributed by atoms with Gasteiger partial charge < -0.3 is 35.5 Å². The number of methoxy groups -OCH3 is 2. The Kier molecular flexibility index (Phi) is 6.23. The highest BCUT2D eigenvalue weighted by Gasteiger charge is 2.14. The molecule has 2 aromatic carbocycles. The Hall–Kier alpha value is -3.72. The summed E-state index contributed by atoms with van der Waals surface area (Å²) in [5.41, 5.74) is 9.11. The average molecular weight is 422 g/mol. The summed E-state index contributed by atoms with van der Waals surface area (Å²) in [6.07, 6.45) is 1.67. The molecule has 0 amide bonds. The van der Waals surface area contributed by atoms with E-state index in [0.29, 0.717) is 28.9 Å². The number of rotatable bonds is 7. The number of nitrogen functional groups attached to an aromatic ring is 1. The highest BCUT2D eigenvalue weighted by Crippen LogP contribution is 2.33. The van der Waals surface area contributed by atoms with Crippen molar-refractivity contribution in [3.63, 3.8) is 0 Å². The molecule has 1 aliphatic heterocycles. The van der Waals surface area contributed by atoms with Crippen LogP contribution in [0.15, 0.2) is 48.7 Å². The normalized spacial score (nSPS) is 13.5. The third-order valence-corrected chi connectivity index (χ3v) is 4.95. The Labute approximate surface area is 181 Å². The number of benzene rings is 2. The number of anilines is 6. The molecule has 0 spiro atoms. The number of hydrogen-bond donors (Lipinski definition) is 3. The zero-order chi connectivity index (χ0) is 21.6. The summed E-state index contributed by atoms with van der Waals surface area (Å²) in [4.78, 5) is 11.1. The minimum atomic E-state index is 0.415. The van der Waals surface area contributed by atoms with Crippen LogP contribution in [0.3, 0.4) is 0 Å². The standard InChI is InChI=1S/C22H26N6O3/c1-29-19-6-3-15(23)13-18(19)26-22-24-8-7-21(27-22)25-17-5-4-16(14-20(17)30-2)28-9-11-31-12-10-28/h3-8,13-14H,9-12,23H2,1-2H3,(H2,24,25,26,27). The van der Waals surface area contributed by atoms with E-state index in [9.17, 15) is 0 Å². The summed E-state index contributed by atoms with van der Waals surface area (Å²) in [7, 11) is 3.26. The first-order chi connectivity index (χ1) is 15.2. The topological polar surface area (TPSA) is 107 Å². The second-order valence-corrected chi connectivity index (χ2v) is 6.96. The molecule has 31 heavy (non-hydrogen) atoms. The fourth-order valence-corrected chi connectivity index (χ4v) is 3.37. The SMILES string of the molecule is COc1cc(N2CCOCC2)ccc1Nc1ccnc(Nc2cc(N)ccc2OC)n1. The smallest absolute Gasteiger partial charge is 0.229 e. The van der Waals surface area contributed by atoms with Crippen LogP contribution in [0.1, 0.15) is 0 Å². The first kappa shape index (κ1) is 20.5. The summed E-state index contributed by atoms with van der Waals surface area (Å²) >= 11 is 0. The van der Waals surface area contributed by atoms with Crippen LogP contribution in [0.2, 0.25) is 0 Å². The predicted molar refractivity (Wildman–Crippen MR) is 122 cm³/mol. The van der Waals surface area contributed by atoms with E-state index in [1.807, 2.05) is 12.1 Å². The van der Waals surface area contributed by atoms with Crippen LogP contribution < -0.4 is 30.7 Å². The van der Waals surface area contributed by atoms with Crippen molar-refractivity contribution >= 4 is 34.5 Å². The molecular formula is C22H26N6O3. The van der Waals surface area contributed by atoms with Gasteiger partial charge in [-0.2, -0.15) is 4.98 Å². The number of nitrogens with two attached hydrogens (primary N) is 1. The summed E-state index contributed by atoms with van der Waals surface area (Å²) in [5, 5.41) is 6.46. The van der Waals surface area contributed by atoms with Gasteiger partial charge in [-0.15, -0.1) is 0 Å². The van der Waals surface area contributed by atoms with Crippen molar-refractivity contribution in [1.82, 2.24) is 9.97 Å². The van der Waals surface area contributed by atoms with E-state index in [0.717, 1.165) is 43.4 Å². The van der Waals surface area contributed by atoms with E-state index in [2.05, 4.69) is 31.6 Å². The van der Waals surface area contributed by atoms with Crippen molar-refractivity contribution in [2.75, 3.05) is 61.8 Å². The molecule has 0 aliphatic carbocycles. The van der Waals surface area contributed by atoms with E-state index >= 15 is 0 Å². The maximum atomic E-state index is 5.89. The zero-order valence-electron chi connectivity index (χ0n) is 17.6. The number of nitrogens with one attached hydrogen (secondary N) is 2. The van der Waals surface area contributed by atoms with Crippen LogP contribution in [0, 0.1) is 0 Å². The van der Waals surface area contributed by atoms with E-state index in [4.69, 9.17) is 19.9 Å². The van der Waals surface area contributed by atoms with Gasteiger partial charge in [0.2, 0.25) is 5.95 Å². The average Bonchev–Trinajstić information content (AvgIpc) is 2.80. The van der Waals surface area contributed by atoms with Crippen molar-refractivity contribution in [3.05, 3.63) is 48.7 Å². The van der Waals surface area contributed by atoms with Crippen LogP contribution in [-0.2, 0) is 4.74 Å². The molecule has 4 N–H and O–H groups in total. The largest absolute Gasteiger partial charge is 0.495 e. The first-order valence-corrected chi connectivity index (χ1v) is 9.97. The lowest BCUT2D eigenvalue weighted by Gasteiger charge is -2.29. The van der Waals surface area contributed by atoms with Crippen molar-refractivity contribution in [2.24, 2.45) is 0 Å². The van der Waals surface area contributed by atoms with Gasteiger partial charge in [-0.3, -0.25) is 0 Å². The lowest BCUT2D eigenvalue weighted by atomic mass is 10.2. The van der Waals surface area contributed by atoms with Crippen molar-refractivity contribution in [2.45, 2.75) is 0 Å². The predicted octanol–water partition coefficient (Wildman–Crippen LogP) is 3.40. The number of hydrogen-bond acceptors (Lipinski definition) is 9. The maximum absolute atomic E-state index is 5.89. The van der Waals surface area contributed by atoms with E-state index in [1.54, 1.807) is 44.7 Å². The summed E-state index contributed by atoms with van der Waals surface area (Å²) in [6.45, 7) is 3.20. The molecule has 0 unspecified atom stereocenters. The number of aromatic nitrogens is 2. The zero-order valence-corrected chi connectivity index (χ0v) is 17.6. The molecule has 1 fully saturated rings. The number of nitrogens with zero attached hydrogens (tertiary/aromatic N) is 3. The number of morpholine rings is 1. The third kappa shape index (κ3) is 4.89. The molecule has 0 atom stereocenters. The lowest BCUT2D eigenvalue weighted by Crippen LogP contribution is -2.36. The molecule has 0 saturated carbocycles. The molecule has 0 radical (unpaired) electrons. The van der Waals surface area contributed by atoms with Gasteiger partial charge in [-0.25, -0.2) is 4.98 Å². The van der Waals surface area contributed by atoms with Gasteiger partial charge in [0.15, 0.2) is 0 Å². The molecule has 4 rings (SSSR count). The molecular weight excluding hydrogens is 396 g/mol. The Morgan fingerprint density at radius 1 is 0.935 bits per heavy atom. The third-order valence-electron chi connectivity index (χ3n) is 4.95. The summed E-state index contributed by atoms with van der Waals surface area (Å²) in [5.74, 6) is 2.42. The van der Waals surface area contributed by atoms with E-state index in [-0.39, 0.29) is 0 Å². The fraction of sp³-hybridized carbons (Fsp3) is 0.273. The van der Waals surface area contributed by atoms with Crippen LogP contribution >= 0.6 is 0 Å². The molecule has 0 bridgehead atoms. The van der Waals surface area contributed by atoms with Gasteiger partial charge in [-0.05, 0) is 36.4 Å². The lowest BCUT2D eigenvalue weighted by molar-refractivity contribution is 0.122. The highest BCUT2D eigenvalue weighted by atomic mass is 16.5. The molecule has 3 aromatic rings. The Balaban J connectivity index is 1.53. The summed E-state index contributed by atoms with van der Waals surface area (Å²) < 4.78 is 16.4. The van der Waals surface area contributed by atoms with Crippen LogP contribution in [-0.4, -0.2) is 50.5 Å². The van der Waals surface area contributed by atoms with Gasteiger partial charge >= 0.3 is 0 Å². The molecule has 9 heteroatoms. The van der Waals surface area contributed by atoms with Crippen molar-refractivity contribution in [1.29, 1.82) is 0 Å². The molecule has 1 aliphatic rings. The Morgan fingerprint density at radius 3 is 2.52 bits per heavy atom. The first-order valence-electron chi connectivity index (χ1n) is 9.97. The molecule has 2 heterocycles. The Bertz CT molecular complexity index is 1040. The van der Waals surface area contributed by atoms with E-state index in [1.165, 1.54) is 0 Å². The van der Waals surface area contributed by atoms with Crippen LogP contribution in [0.4, 0.5) is 34.5 Å². The molecule has 162 valence electrons. The van der Waals surface area contributed by atoms with Crippen LogP contribution in [0.25, 0.3) is 0 Å². The van der Waals surface area contributed by atoms with Gasteiger partial charge in [-0.1, -0.05) is 0 Å². The van der Waals surface area contributed by atoms with Gasteiger partial charge in [0, 0.05) is 36.7 Å². The molecule has 1 aromatic heterocycles. The monoisotopic (exact) mass is 422 g/mol. The Morgan fingerprint density at radius 2 is 1.74 bits per heavy atom. The van der Waals surface area contributed by atoms with Crippen molar-refractivity contribution < 1.29 is 14.2 Å².